The number of rotatable bonds is 7. The average Bonchev–Trinajstić information content (AvgIpc) is 3.03. The topological polar surface area (TPSA) is 45.7 Å². The number of thiazole rings is 1. The maximum Gasteiger partial charge on any atom is 0.228 e. The Morgan fingerprint density at radius 3 is 2.85 bits per heavy atom. The van der Waals surface area contributed by atoms with E-state index >= 15 is 0 Å². The number of amides is 1. The summed E-state index contributed by atoms with van der Waals surface area (Å²) in [6.45, 7) is 6.59. The number of morpholine rings is 1. The molecule has 0 spiro atoms. The molecule has 26 heavy (non-hydrogen) atoms. The maximum absolute atomic E-state index is 14.0. The summed E-state index contributed by atoms with van der Waals surface area (Å²) >= 11 is 1.15. The van der Waals surface area contributed by atoms with E-state index in [4.69, 9.17) is 4.74 Å². The van der Waals surface area contributed by atoms with Gasteiger partial charge in [-0.05, 0) is 18.9 Å². The first kappa shape index (κ1) is 19.1. The third-order valence-electron chi connectivity index (χ3n) is 4.36. The monoisotopic (exact) mass is 383 g/mol. The second kappa shape index (κ2) is 8.83. The van der Waals surface area contributed by atoms with Gasteiger partial charge < -0.3 is 4.74 Å². The van der Waals surface area contributed by atoms with Gasteiger partial charge in [-0.3, -0.25) is 14.6 Å². The Hall–Kier alpha value is -1.64. The molecule has 0 unspecified atom stereocenters. The van der Waals surface area contributed by atoms with Crippen molar-refractivity contribution in [2.45, 2.75) is 26.2 Å². The number of hydrogen-bond acceptors (Lipinski definition) is 5. The molecule has 8 heteroatoms. The fourth-order valence-electron chi connectivity index (χ4n) is 3.01. The molecule has 1 aromatic carbocycles. The number of carbonyl (C=O) groups is 1. The number of hydrogen-bond donors (Lipinski definition) is 0. The lowest BCUT2D eigenvalue weighted by Crippen LogP contribution is -2.39. The van der Waals surface area contributed by atoms with E-state index in [9.17, 15) is 13.6 Å². The van der Waals surface area contributed by atoms with Crippen LogP contribution >= 0.6 is 11.3 Å². The van der Waals surface area contributed by atoms with Crippen molar-refractivity contribution in [3.8, 4) is 0 Å². The summed E-state index contributed by atoms with van der Waals surface area (Å²) in [5.74, 6) is -1.36. The third-order valence-corrected chi connectivity index (χ3v) is 5.38. The zero-order chi connectivity index (χ0) is 18.5. The van der Waals surface area contributed by atoms with Crippen molar-refractivity contribution in [2.24, 2.45) is 0 Å². The molecule has 1 aliphatic rings. The van der Waals surface area contributed by atoms with Gasteiger partial charge in [-0.25, -0.2) is 13.8 Å². The van der Waals surface area contributed by atoms with Gasteiger partial charge in [0.15, 0.2) is 10.9 Å². The molecule has 1 saturated heterocycles. The van der Waals surface area contributed by atoms with Crippen molar-refractivity contribution in [3.63, 3.8) is 0 Å². The Balaban J connectivity index is 1.75. The molecule has 1 aliphatic heterocycles. The Bertz CT molecular complexity index is 762. The predicted molar refractivity (Wildman–Crippen MR) is 98.7 cm³/mol. The van der Waals surface area contributed by atoms with Crippen LogP contribution in [0.2, 0.25) is 0 Å². The van der Waals surface area contributed by atoms with E-state index in [0.29, 0.717) is 22.8 Å². The van der Waals surface area contributed by atoms with Gasteiger partial charge in [0.05, 0.1) is 17.9 Å². The Kier molecular flexibility index (Phi) is 6.50. The van der Waals surface area contributed by atoms with Crippen LogP contribution < -0.4 is 4.90 Å². The van der Waals surface area contributed by atoms with E-state index in [2.05, 4.69) is 9.88 Å². The average molecular weight is 383 g/mol. The van der Waals surface area contributed by atoms with E-state index < -0.39 is 11.6 Å². The van der Waals surface area contributed by atoms with Crippen molar-refractivity contribution < 1.29 is 18.3 Å². The summed E-state index contributed by atoms with van der Waals surface area (Å²) in [4.78, 5) is 20.7. The smallest absolute Gasteiger partial charge is 0.228 e. The van der Waals surface area contributed by atoms with Crippen LogP contribution in [-0.2, 0) is 9.53 Å². The number of ether oxygens (including phenoxy) is 1. The molecule has 0 bridgehead atoms. The molecule has 0 radical (unpaired) electrons. The Labute approximate surface area is 155 Å². The minimum Gasteiger partial charge on any atom is -0.379 e. The second-order valence-corrected chi connectivity index (χ2v) is 7.34. The van der Waals surface area contributed by atoms with Gasteiger partial charge in [0.2, 0.25) is 5.91 Å². The number of aromatic nitrogens is 1. The SMILES string of the molecule is CCCC(=O)N(CCCN1CCOCC1)c1nc2c(F)cc(F)cc2s1. The highest BCUT2D eigenvalue weighted by Gasteiger charge is 2.21. The first-order valence-corrected chi connectivity index (χ1v) is 9.76. The first-order valence-electron chi connectivity index (χ1n) is 8.94. The van der Waals surface area contributed by atoms with Crippen LogP contribution in [0.25, 0.3) is 10.2 Å². The van der Waals surface area contributed by atoms with Crippen LogP contribution in [0, 0.1) is 11.6 Å². The largest absolute Gasteiger partial charge is 0.379 e. The van der Waals surface area contributed by atoms with E-state index in [1.54, 1.807) is 4.90 Å². The molecule has 0 atom stereocenters. The van der Waals surface area contributed by atoms with Gasteiger partial charge in [0.1, 0.15) is 11.3 Å². The number of fused-ring (bicyclic) bond motifs is 1. The van der Waals surface area contributed by atoms with Crippen molar-refractivity contribution in [3.05, 3.63) is 23.8 Å². The lowest BCUT2D eigenvalue weighted by Gasteiger charge is -2.27. The number of halogens is 2. The summed E-state index contributed by atoms with van der Waals surface area (Å²) in [7, 11) is 0. The lowest BCUT2D eigenvalue weighted by atomic mass is 10.2. The number of benzene rings is 1. The van der Waals surface area contributed by atoms with Crippen LogP contribution in [0.4, 0.5) is 13.9 Å². The van der Waals surface area contributed by atoms with Gasteiger partial charge in [-0.1, -0.05) is 18.3 Å². The fourth-order valence-corrected chi connectivity index (χ4v) is 4.06. The standard InChI is InChI=1S/C18H23F2N3O2S/c1-2-4-16(24)23(6-3-5-22-7-9-25-10-8-22)18-21-17-14(20)11-13(19)12-15(17)26-18/h11-12H,2-10H2,1H3. The minimum atomic E-state index is -0.696. The summed E-state index contributed by atoms with van der Waals surface area (Å²) < 4.78 is 33.1. The van der Waals surface area contributed by atoms with Crippen LogP contribution in [0.1, 0.15) is 26.2 Å². The van der Waals surface area contributed by atoms with E-state index in [0.717, 1.165) is 63.1 Å². The first-order chi connectivity index (χ1) is 12.6. The molecule has 1 aromatic heterocycles. The molecule has 1 fully saturated rings. The summed E-state index contributed by atoms with van der Waals surface area (Å²) in [6.07, 6.45) is 1.93. The van der Waals surface area contributed by atoms with Gasteiger partial charge in [-0.15, -0.1) is 0 Å². The van der Waals surface area contributed by atoms with E-state index in [-0.39, 0.29) is 11.4 Å². The van der Waals surface area contributed by atoms with Crippen molar-refractivity contribution >= 4 is 32.6 Å². The van der Waals surface area contributed by atoms with Crippen LogP contribution in [0.5, 0.6) is 0 Å². The normalized spacial score (nSPS) is 15.5. The minimum absolute atomic E-state index is 0.0330. The highest BCUT2D eigenvalue weighted by molar-refractivity contribution is 7.22. The van der Waals surface area contributed by atoms with Crippen LogP contribution in [0.15, 0.2) is 12.1 Å². The molecule has 5 nitrogen and oxygen atoms in total. The van der Waals surface area contributed by atoms with Gasteiger partial charge in [-0.2, -0.15) is 0 Å². The quantitative estimate of drug-likeness (QED) is 0.735. The molecule has 2 aromatic rings. The lowest BCUT2D eigenvalue weighted by molar-refractivity contribution is -0.118. The predicted octanol–water partition coefficient (Wildman–Crippen LogP) is 3.43. The van der Waals surface area contributed by atoms with Gasteiger partial charge in [0, 0.05) is 38.7 Å². The molecule has 142 valence electrons. The third kappa shape index (κ3) is 4.55. The highest BCUT2D eigenvalue weighted by Crippen LogP contribution is 2.31. The van der Waals surface area contributed by atoms with Gasteiger partial charge >= 0.3 is 0 Å². The number of nitrogens with zero attached hydrogens (tertiary/aromatic N) is 3. The molecule has 1 amide bonds. The number of anilines is 1. The second-order valence-electron chi connectivity index (χ2n) is 6.33. The van der Waals surface area contributed by atoms with Crippen molar-refractivity contribution in [1.82, 2.24) is 9.88 Å². The molecule has 0 N–H and O–H groups in total. The zero-order valence-corrected chi connectivity index (χ0v) is 15.7. The summed E-state index contributed by atoms with van der Waals surface area (Å²) in [5, 5.41) is 0.435. The molecule has 0 saturated carbocycles. The summed E-state index contributed by atoms with van der Waals surface area (Å²) in [5.41, 5.74) is 0.119. The molecular formula is C18H23F2N3O2S. The molecule has 2 heterocycles. The Morgan fingerprint density at radius 1 is 1.35 bits per heavy atom. The molecule has 0 aliphatic carbocycles. The fraction of sp³-hybridized carbons (Fsp3) is 0.556. The van der Waals surface area contributed by atoms with Crippen LogP contribution in [0.3, 0.4) is 0 Å². The van der Waals surface area contributed by atoms with Crippen molar-refractivity contribution in [2.75, 3.05) is 44.3 Å². The Morgan fingerprint density at radius 2 is 2.12 bits per heavy atom. The number of carbonyl (C=O) groups excluding carboxylic acids is 1. The zero-order valence-electron chi connectivity index (χ0n) is 14.8. The molecular weight excluding hydrogens is 360 g/mol. The summed E-state index contributed by atoms with van der Waals surface area (Å²) in [6, 6.07) is 2.08. The van der Waals surface area contributed by atoms with Gasteiger partial charge in [0.25, 0.3) is 0 Å². The van der Waals surface area contributed by atoms with Crippen LogP contribution in [-0.4, -0.2) is 55.2 Å². The van der Waals surface area contributed by atoms with Crippen molar-refractivity contribution in [1.29, 1.82) is 0 Å². The highest BCUT2D eigenvalue weighted by atomic mass is 32.1. The van der Waals surface area contributed by atoms with E-state index in [1.807, 2.05) is 6.92 Å². The maximum atomic E-state index is 14.0. The molecule has 3 rings (SSSR count). The van der Waals surface area contributed by atoms with E-state index in [1.165, 1.54) is 6.07 Å².